The first-order valence-corrected chi connectivity index (χ1v) is 5.80. The zero-order valence-electron chi connectivity index (χ0n) is 9.83. The lowest BCUT2D eigenvalue weighted by Gasteiger charge is -2.03. The Morgan fingerprint density at radius 2 is 2.20 bits per heavy atom. The lowest BCUT2D eigenvalue weighted by molar-refractivity contribution is 0.127. The zero-order chi connectivity index (χ0) is 10.9. The fourth-order valence-corrected chi connectivity index (χ4v) is 1.42. The fraction of sp³-hybridized carbons (Fsp3) is 0.667. The summed E-state index contributed by atoms with van der Waals surface area (Å²) in [4.78, 5) is 0. The summed E-state index contributed by atoms with van der Waals surface area (Å²) in [6.45, 7) is 8.85. The molecular formula is C12H22N2O. The lowest BCUT2D eigenvalue weighted by Crippen LogP contribution is -2.11. The van der Waals surface area contributed by atoms with Gasteiger partial charge in [-0.05, 0) is 24.6 Å². The van der Waals surface area contributed by atoms with Crippen molar-refractivity contribution in [2.75, 3.05) is 19.8 Å². The third kappa shape index (κ3) is 5.00. The number of nitrogens with zero attached hydrogens (tertiary/aromatic N) is 1. The molecule has 0 aromatic carbocycles. The van der Waals surface area contributed by atoms with Crippen LogP contribution in [0, 0.1) is 0 Å². The van der Waals surface area contributed by atoms with E-state index < -0.39 is 0 Å². The minimum Gasteiger partial charge on any atom is -0.380 e. The number of hydrogen-bond acceptors (Lipinski definition) is 2. The smallest absolute Gasteiger partial charge is 0.0645 e. The van der Waals surface area contributed by atoms with E-state index in [0.29, 0.717) is 0 Å². The van der Waals surface area contributed by atoms with Gasteiger partial charge in [0.05, 0.1) is 6.61 Å². The van der Waals surface area contributed by atoms with Gasteiger partial charge in [0, 0.05) is 32.1 Å². The summed E-state index contributed by atoms with van der Waals surface area (Å²) in [6, 6.07) is 2.16. The first-order valence-electron chi connectivity index (χ1n) is 5.80. The van der Waals surface area contributed by atoms with Crippen LogP contribution in [-0.2, 0) is 17.8 Å². The quantitative estimate of drug-likeness (QED) is 0.664. The molecule has 1 rings (SSSR count). The average molecular weight is 210 g/mol. The monoisotopic (exact) mass is 210 g/mol. The predicted molar refractivity (Wildman–Crippen MR) is 62.9 cm³/mol. The third-order valence-electron chi connectivity index (χ3n) is 2.23. The topological polar surface area (TPSA) is 26.2 Å². The van der Waals surface area contributed by atoms with Crippen LogP contribution in [0.25, 0.3) is 0 Å². The molecule has 1 heterocycles. The Bertz CT molecular complexity index is 258. The Balaban J connectivity index is 2.20. The molecule has 86 valence electrons. The van der Waals surface area contributed by atoms with Gasteiger partial charge in [0.15, 0.2) is 0 Å². The van der Waals surface area contributed by atoms with Crippen LogP contribution in [-0.4, -0.2) is 24.3 Å². The zero-order valence-corrected chi connectivity index (χ0v) is 9.83. The highest BCUT2D eigenvalue weighted by atomic mass is 16.5. The van der Waals surface area contributed by atoms with Gasteiger partial charge >= 0.3 is 0 Å². The molecule has 0 saturated carbocycles. The first-order chi connectivity index (χ1) is 7.36. The predicted octanol–water partition coefficient (Wildman–Crippen LogP) is 2.02. The van der Waals surface area contributed by atoms with E-state index in [9.17, 15) is 0 Å². The number of aromatic nitrogens is 1. The van der Waals surface area contributed by atoms with E-state index in [0.717, 1.165) is 39.3 Å². The molecular weight excluding hydrogens is 188 g/mol. The van der Waals surface area contributed by atoms with Crippen LogP contribution in [0.15, 0.2) is 18.5 Å². The molecule has 0 aliphatic carbocycles. The van der Waals surface area contributed by atoms with E-state index >= 15 is 0 Å². The SMILES string of the molecule is CCCOCCn1ccc(CNCC)c1. The molecule has 1 aromatic rings. The second kappa shape index (κ2) is 7.49. The molecule has 0 bridgehead atoms. The summed E-state index contributed by atoms with van der Waals surface area (Å²) >= 11 is 0. The molecule has 0 unspecified atom stereocenters. The Kier molecular flexibility index (Phi) is 6.12. The van der Waals surface area contributed by atoms with E-state index in [1.807, 2.05) is 0 Å². The van der Waals surface area contributed by atoms with Crippen LogP contribution in [0.5, 0.6) is 0 Å². The molecule has 0 atom stereocenters. The Morgan fingerprint density at radius 3 is 2.93 bits per heavy atom. The van der Waals surface area contributed by atoms with Gasteiger partial charge in [-0.3, -0.25) is 0 Å². The van der Waals surface area contributed by atoms with Crippen molar-refractivity contribution in [3.63, 3.8) is 0 Å². The molecule has 1 aromatic heterocycles. The average Bonchev–Trinajstić information content (AvgIpc) is 2.69. The van der Waals surface area contributed by atoms with Gasteiger partial charge in [0.25, 0.3) is 0 Å². The van der Waals surface area contributed by atoms with Crippen LogP contribution < -0.4 is 5.32 Å². The highest BCUT2D eigenvalue weighted by Gasteiger charge is 1.95. The highest BCUT2D eigenvalue weighted by molar-refractivity contribution is 5.09. The minimum atomic E-state index is 0.809. The lowest BCUT2D eigenvalue weighted by atomic mass is 10.3. The third-order valence-corrected chi connectivity index (χ3v) is 2.23. The van der Waals surface area contributed by atoms with Gasteiger partial charge in [0.2, 0.25) is 0 Å². The van der Waals surface area contributed by atoms with E-state index in [2.05, 4.69) is 42.2 Å². The molecule has 0 fully saturated rings. The van der Waals surface area contributed by atoms with Crippen molar-refractivity contribution in [1.82, 2.24) is 9.88 Å². The summed E-state index contributed by atoms with van der Waals surface area (Å²) in [7, 11) is 0. The van der Waals surface area contributed by atoms with Crippen molar-refractivity contribution in [3.05, 3.63) is 24.0 Å². The second-order valence-electron chi connectivity index (χ2n) is 3.65. The summed E-state index contributed by atoms with van der Waals surface area (Å²) in [5.41, 5.74) is 1.34. The van der Waals surface area contributed by atoms with Crippen LogP contribution >= 0.6 is 0 Å². The van der Waals surface area contributed by atoms with E-state index in [1.54, 1.807) is 0 Å². The van der Waals surface area contributed by atoms with Crippen molar-refractivity contribution in [1.29, 1.82) is 0 Å². The summed E-state index contributed by atoms with van der Waals surface area (Å²) in [6.07, 6.45) is 5.39. The van der Waals surface area contributed by atoms with E-state index in [-0.39, 0.29) is 0 Å². The molecule has 15 heavy (non-hydrogen) atoms. The number of rotatable bonds is 8. The molecule has 1 N–H and O–H groups in total. The summed E-state index contributed by atoms with van der Waals surface area (Å²) < 4.78 is 7.62. The van der Waals surface area contributed by atoms with Gasteiger partial charge in [-0.25, -0.2) is 0 Å². The largest absolute Gasteiger partial charge is 0.380 e. The molecule has 0 amide bonds. The van der Waals surface area contributed by atoms with Crippen molar-refractivity contribution in [2.45, 2.75) is 33.4 Å². The molecule has 3 heteroatoms. The maximum Gasteiger partial charge on any atom is 0.0645 e. The Labute approximate surface area is 92.4 Å². The molecule has 3 nitrogen and oxygen atoms in total. The normalized spacial score (nSPS) is 10.8. The van der Waals surface area contributed by atoms with Crippen LogP contribution in [0.2, 0.25) is 0 Å². The molecule has 0 aliphatic heterocycles. The summed E-state index contributed by atoms with van der Waals surface area (Å²) in [5, 5.41) is 3.31. The molecule has 0 radical (unpaired) electrons. The van der Waals surface area contributed by atoms with Crippen LogP contribution in [0.3, 0.4) is 0 Å². The van der Waals surface area contributed by atoms with Gasteiger partial charge in [-0.1, -0.05) is 13.8 Å². The van der Waals surface area contributed by atoms with Gasteiger partial charge in [-0.15, -0.1) is 0 Å². The Morgan fingerprint density at radius 1 is 1.33 bits per heavy atom. The van der Waals surface area contributed by atoms with Crippen molar-refractivity contribution in [2.24, 2.45) is 0 Å². The highest BCUT2D eigenvalue weighted by Crippen LogP contribution is 2.00. The van der Waals surface area contributed by atoms with Crippen molar-refractivity contribution >= 4 is 0 Å². The van der Waals surface area contributed by atoms with E-state index in [1.165, 1.54) is 5.56 Å². The van der Waals surface area contributed by atoms with Gasteiger partial charge < -0.3 is 14.6 Å². The Hall–Kier alpha value is -0.800. The van der Waals surface area contributed by atoms with Crippen molar-refractivity contribution in [3.8, 4) is 0 Å². The summed E-state index contributed by atoms with van der Waals surface area (Å²) in [5.74, 6) is 0. The van der Waals surface area contributed by atoms with Gasteiger partial charge in [-0.2, -0.15) is 0 Å². The maximum atomic E-state index is 5.44. The minimum absolute atomic E-state index is 0.809. The molecule has 0 saturated heterocycles. The van der Waals surface area contributed by atoms with Crippen LogP contribution in [0.4, 0.5) is 0 Å². The molecule has 0 spiro atoms. The maximum absolute atomic E-state index is 5.44. The van der Waals surface area contributed by atoms with Gasteiger partial charge in [0.1, 0.15) is 0 Å². The first kappa shape index (κ1) is 12.3. The fourth-order valence-electron chi connectivity index (χ4n) is 1.42. The number of ether oxygens (including phenoxy) is 1. The second-order valence-corrected chi connectivity index (χ2v) is 3.65. The van der Waals surface area contributed by atoms with Crippen molar-refractivity contribution < 1.29 is 4.74 Å². The van der Waals surface area contributed by atoms with Crippen LogP contribution in [0.1, 0.15) is 25.8 Å². The number of nitrogens with one attached hydrogen (secondary N) is 1. The molecule has 0 aliphatic rings. The standard InChI is InChI=1S/C12H22N2O/c1-3-8-15-9-7-14-6-5-12(11-14)10-13-4-2/h5-6,11,13H,3-4,7-10H2,1-2H3. The van der Waals surface area contributed by atoms with E-state index in [4.69, 9.17) is 4.74 Å². The number of hydrogen-bond donors (Lipinski definition) is 1.